The Morgan fingerprint density at radius 2 is 2.24 bits per heavy atom. The lowest BCUT2D eigenvalue weighted by atomic mass is 10.1. The molecule has 0 aliphatic carbocycles. The summed E-state index contributed by atoms with van der Waals surface area (Å²) >= 11 is 9.70. The average Bonchev–Trinajstić information content (AvgIpc) is 2.74. The third-order valence-electron chi connectivity index (χ3n) is 2.26. The van der Waals surface area contributed by atoms with Crippen molar-refractivity contribution < 1.29 is 0 Å². The number of hydrogen-bond acceptors (Lipinski definition) is 3. The second-order valence-electron chi connectivity index (χ2n) is 3.98. The Morgan fingerprint density at radius 1 is 1.41 bits per heavy atom. The molecule has 1 nitrogen and oxygen atoms in total. The average molecular weight is 284 g/mol. The third-order valence-corrected chi connectivity index (χ3v) is 4.80. The molecule has 1 aromatic carbocycles. The minimum absolute atomic E-state index is 0.168. The molecule has 0 aliphatic rings. The molecule has 17 heavy (non-hydrogen) atoms. The van der Waals surface area contributed by atoms with Crippen molar-refractivity contribution in [3.8, 4) is 0 Å². The van der Waals surface area contributed by atoms with Crippen LogP contribution in [0.4, 0.5) is 0 Å². The van der Waals surface area contributed by atoms with Gasteiger partial charge in [0, 0.05) is 10.9 Å². The van der Waals surface area contributed by atoms with Gasteiger partial charge in [-0.3, -0.25) is 0 Å². The minimum atomic E-state index is 0.168. The van der Waals surface area contributed by atoms with Gasteiger partial charge in [0.05, 0.1) is 9.23 Å². The highest BCUT2D eigenvalue weighted by atomic mass is 35.5. The number of nitrogens with two attached hydrogens (primary N) is 1. The van der Waals surface area contributed by atoms with E-state index >= 15 is 0 Å². The molecule has 0 amide bonds. The van der Waals surface area contributed by atoms with E-state index in [-0.39, 0.29) is 6.04 Å². The molecule has 1 atom stereocenters. The molecule has 0 saturated carbocycles. The van der Waals surface area contributed by atoms with Crippen molar-refractivity contribution in [2.24, 2.45) is 5.73 Å². The van der Waals surface area contributed by atoms with Gasteiger partial charge in [-0.05, 0) is 42.5 Å². The molecule has 0 saturated heterocycles. The summed E-state index contributed by atoms with van der Waals surface area (Å²) in [5, 5.41) is 2.88. The first-order chi connectivity index (χ1) is 8.15. The largest absolute Gasteiger partial charge is 0.328 e. The Balaban J connectivity index is 2.14. The molecular formula is C13H14ClNS2. The Morgan fingerprint density at radius 3 is 2.82 bits per heavy atom. The molecule has 0 spiro atoms. The summed E-state index contributed by atoms with van der Waals surface area (Å²) in [4.78, 5) is 1.10. The van der Waals surface area contributed by atoms with E-state index in [1.54, 1.807) is 23.1 Å². The van der Waals surface area contributed by atoms with Gasteiger partial charge in [0.1, 0.15) is 0 Å². The van der Waals surface area contributed by atoms with Crippen LogP contribution in [0, 0.1) is 0 Å². The molecular weight excluding hydrogens is 270 g/mol. The molecule has 0 bridgehead atoms. The van der Waals surface area contributed by atoms with E-state index in [2.05, 4.69) is 23.6 Å². The molecule has 0 radical (unpaired) electrons. The van der Waals surface area contributed by atoms with Crippen molar-refractivity contribution in [2.45, 2.75) is 28.5 Å². The summed E-state index contributed by atoms with van der Waals surface area (Å²) in [6.45, 7) is 2.00. The van der Waals surface area contributed by atoms with Crippen molar-refractivity contribution in [3.05, 3.63) is 46.3 Å². The summed E-state index contributed by atoms with van der Waals surface area (Å²) in [6, 6.07) is 10.5. The summed E-state index contributed by atoms with van der Waals surface area (Å²) in [6.07, 6.45) is 0.865. The van der Waals surface area contributed by atoms with E-state index in [0.29, 0.717) is 0 Å². The van der Waals surface area contributed by atoms with Gasteiger partial charge in [-0.15, -0.1) is 11.3 Å². The van der Waals surface area contributed by atoms with Gasteiger partial charge in [-0.2, -0.15) is 0 Å². The second-order valence-corrected chi connectivity index (χ2v) is 6.68. The summed E-state index contributed by atoms with van der Waals surface area (Å²) < 4.78 is 1.26. The van der Waals surface area contributed by atoms with Gasteiger partial charge >= 0.3 is 0 Å². The van der Waals surface area contributed by atoms with Crippen LogP contribution in [-0.4, -0.2) is 6.04 Å². The Labute approximate surface area is 115 Å². The lowest BCUT2D eigenvalue weighted by Gasteiger charge is -2.08. The maximum absolute atomic E-state index is 6.27. The van der Waals surface area contributed by atoms with Crippen molar-refractivity contribution >= 4 is 34.7 Å². The predicted octanol–water partition coefficient (Wildman–Crippen LogP) is 4.44. The Bertz CT molecular complexity index is 480. The van der Waals surface area contributed by atoms with Crippen LogP contribution < -0.4 is 5.73 Å². The van der Waals surface area contributed by atoms with Crippen LogP contribution in [-0.2, 0) is 6.42 Å². The van der Waals surface area contributed by atoms with Crippen LogP contribution in [0.2, 0.25) is 5.02 Å². The zero-order valence-electron chi connectivity index (χ0n) is 9.52. The van der Waals surface area contributed by atoms with Gasteiger partial charge in [-0.1, -0.05) is 35.5 Å². The molecule has 2 aromatic rings. The molecule has 2 rings (SSSR count). The minimum Gasteiger partial charge on any atom is -0.328 e. The second kappa shape index (κ2) is 5.91. The van der Waals surface area contributed by atoms with Crippen molar-refractivity contribution in [2.75, 3.05) is 0 Å². The zero-order valence-corrected chi connectivity index (χ0v) is 11.9. The quantitative estimate of drug-likeness (QED) is 0.897. The Kier molecular flexibility index (Phi) is 4.51. The first-order valence-electron chi connectivity index (χ1n) is 5.40. The summed E-state index contributed by atoms with van der Waals surface area (Å²) in [7, 11) is 0. The maximum Gasteiger partial charge on any atom is 0.0646 e. The van der Waals surface area contributed by atoms with Crippen LogP contribution in [0.15, 0.2) is 44.8 Å². The van der Waals surface area contributed by atoms with Crippen LogP contribution in [0.3, 0.4) is 0 Å². The highest BCUT2D eigenvalue weighted by molar-refractivity contribution is 8.01. The molecule has 1 unspecified atom stereocenters. The van der Waals surface area contributed by atoms with E-state index in [0.717, 1.165) is 16.3 Å². The summed E-state index contributed by atoms with van der Waals surface area (Å²) in [5.74, 6) is 0. The predicted molar refractivity (Wildman–Crippen MR) is 77.2 cm³/mol. The third kappa shape index (κ3) is 3.75. The fraction of sp³-hybridized carbons (Fsp3) is 0.231. The van der Waals surface area contributed by atoms with E-state index in [1.807, 2.05) is 19.1 Å². The molecule has 2 N–H and O–H groups in total. The first-order valence-corrected chi connectivity index (χ1v) is 7.48. The lowest BCUT2D eigenvalue weighted by molar-refractivity contribution is 0.738. The molecule has 0 aliphatic heterocycles. The van der Waals surface area contributed by atoms with Crippen molar-refractivity contribution in [1.82, 2.24) is 0 Å². The van der Waals surface area contributed by atoms with Crippen molar-refractivity contribution in [3.63, 3.8) is 0 Å². The SMILES string of the molecule is CC(N)Cc1ccc(Sc2cccs2)c(Cl)c1. The highest BCUT2D eigenvalue weighted by Gasteiger charge is 2.06. The van der Waals surface area contributed by atoms with Gasteiger partial charge in [0.15, 0.2) is 0 Å². The first kappa shape index (κ1) is 13.0. The fourth-order valence-electron chi connectivity index (χ4n) is 1.56. The van der Waals surface area contributed by atoms with Gasteiger partial charge in [0.2, 0.25) is 0 Å². The normalized spacial score (nSPS) is 12.6. The van der Waals surface area contributed by atoms with Crippen LogP contribution in [0.5, 0.6) is 0 Å². The summed E-state index contributed by atoms with van der Waals surface area (Å²) in [5.41, 5.74) is 6.97. The van der Waals surface area contributed by atoms with Crippen LogP contribution >= 0.6 is 34.7 Å². The molecule has 90 valence electrons. The van der Waals surface area contributed by atoms with E-state index in [1.165, 1.54) is 9.77 Å². The maximum atomic E-state index is 6.27. The van der Waals surface area contributed by atoms with Crippen molar-refractivity contribution in [1.29, 1.82) is 0 Å². The van der Waals surface area contributed by atoms with E-state index in [4.69, 9.17) is 17.3 Å². The zero-order chi connectivity index (χ0) is 12.3. The van der Waals surface area contributed by atoms with Gasteiger partial charge in [-0.25, -0.2) is 0 Å². The smallest absolute Gasteiger partial charge is 0.0646 e. The number of halogens is 1. The number of benzene rings is 1. The highest BCUT2D eigenvalue weighted by Crippen LogP contribution is 2.36. The van der Waals surface area contributed by atoms with Gasteiger partial charge < -0.3 is 5.73 Å². The number of hydrogen-bond donors (Lipinski definition) is 1. The fourth-order valence-corrected chi connectivity index (χ4v) is 3.61. The number of thiophene rings is 1. The number of rotatable bonds is 4. The van der Waals surface area contributed by atoms with Crippen LogP contribution in [0.25, 0.3) is 0 Å². The monoisotopic (exact) mass is 283 g/mol. The topological polar surface area (TPSA) is 26.0 Å². The molecule has 0 fully saturated rings. The van der Waals surface area contributed by atoms with E-state index in [9.17, 15) is 0 Å². The molecule has 4 heteroatoms. The molecule has 1 aromatic heterocycles. The standard InChI is InChI=1S/C13H14ClNS2/c1-9(15)7-10-4-5-12(11(14)8-10)17-13-3-2-6-16-13/h2-6,8-9H,7,15H2,1H3. The van der Waals surface area contributed by atoms with Gasteiger partial charge in [0.25, 0.3) is 0 Å². The molecule has 1 heterocycles. The Hall–Kier alpha value is -0.480. The lowest BCUT2D eigenvalue weighted by Crippen LogP contribution is -2.17. The van der Waals surface area contributed by atoms with Crippen LogP contribution in [0.1, 0.15) is 12.5 Å². The van der Waals surface area contributed by atoms with E-state index < -0.39 is 0 Å².